The van der Waals surface area contributed by atoms with Crippen molar-refractivity contribution in [1.29, 1.82) is 0 Å². The van der Waals surface area contributed by atoms with E-state index in [2.05, 4.69) is 9.97 Å². The lowest BCUT2D eigenvalue weighted by atomic mass is 10.0. The molecule has 2 aromatic rings. The lowest BCUT2D eigenvalue weighted by Gasteiger charge is -2.29. The summed E-state index contributed by atoms with van der Waals surface area (Å²) in [5.74, 6) is 1.33. The second kappa shape index (κ2) is 9.40. The number of nitrogens with zero attached hydrogens (tertiary/aromatic N) is 5. The average molecular weight is 414 g/mol. The van der Waals surface area contributed by atoms with Gasteiger partial charge in [-0.05, 0) is 45.6 Å². The summed E-state index contributed by atoms with van der Waals surface area (Å²) < 4.78 is 5.73. The Balaban J connectivity index is 1.60. The third-order valence-electron chi connectivity index (χ3n) is 5.21. The molecule has 1 aliphatic heterocycles. The van der Waals surface area contributed by atoms with Gasteiger partial charge >= 0.3 is 0 Å². The van der Waals surface area contributed by atoms with Crippen LogP contribution in [0.1, 0.15) is 22.5 Å². The predicted octanol–water partition coefficient (Wildman–Crippen LogP) is 1.44. The maximum Gasteiger partial charge on any atom is 0.253 e. The quantitative estimate of drug-likeness (QED) is 0.701. The molecule has 1 N–H and O–H groups in total. The smallest absolute Gasteiger partial charge is 0.253 e. The Morgan fingerprint density at radius 3 is 2.80 bits per heavy atom. The lowest BCUT2D eigenvalue weighted by Crippen LogP contribution is -2.46. The Kier molecular flexibility index (Phi) is 6.89. The first kappa shape index (κ1) is 22.0. The van der Waals surface area contributed by atoms with E-state index >= 15 is 0 Å². The summed E-state index contributed by atoms with van der Waals surface area (Å²) >= 11 is 0. The number of likely N-dealkylation sites (N-methyl/N-ethyl adjacent to an activating group) is 2. The van der Waals surface area contributed by atoms with Gasteiger partial charge in [-0.3, -0.25) is 4.79 Å². The van der Waals surface area contributed by atoms with Gasteiger partial charge < -0.3 is 24.5 Å². The Morgan fingerprint density at radius 1 is 1.27 bits per heavy atom. The molecule has 0 radical (unpaired) electrons. The molecule has 1 aromatic heterocycles. The minimum absolute atomic E-state index is 0.141. The van der Waals surface area contributed by atoms with Crippen LogP contribution in [0.5, 0.6) is 5.75 Å². The van der Waals surface area contributed by atoms with Gasteiger partial charge in [-0.1, -0.05) is 6.07 Å². The summed E-state index contributed by atoms with van der Waals surface area (Å²) in [5, 5.41) is 11.1. The molecule has 0 bridgehead atoms. The number of aromatic nitrogens is 2. The van der Waals surface area contributed by atoms with Crippen molar-refractivity contribution in [1.82, 2.24) is 19.8 Å². The zero-order chi connectivity index (χ0) is 21.7. The van der Waals surface area contributed by atoms with E-state index in [1.165, 1.54) is 6.33 Å². The number of hydrogen-bond donors (Lipinski definition) is 1. The van der Waals surface area contributed by atoms with E-state index in [9.17, 15) is 9.90 Å². The number of carbonyl (C=O) groups excluding carboxylic acids is 1. The first-order valence-electron chi connectivity index (χ1n) is 10.1. The van der Waals surface area contributed by atoms with Crippen LogP contribution in [-0.2, 0) is 0 Å². The summed E-state index contributed by atoms with van der Waals surface area (Å²) in [6.45, 7) is 4.63. The van der Waals surface area contributed by atoms with E-state index in [-0.39, 0.29) is 12.5 Å². The maximum atomic E-state index is 12.9. The van der Waals surface area contributed by atoms with Gasteiger partial charge in [0.25, 0.3) is 5.91 Å². The molecular weight excluding hydrogens is 382 g/mol. The summed E-state index contributed by atoms with van der Waals surface area (Å²) in [6.07, 6.45) is 2.10. The summed E-state index contributed by atoms with van der Waals surface area (Å²) in [4.78, 5) is 27.0. The van der Waals surface area contributed by atoms with E-state index < -0.39 is 5.60 Å². The number of rotatable bonds is 8. The fourth-order valence-electron chi connectivity index (χ4n) is 3.59. The normalized spacial score (nSPS) is 18.7. The fraction of sp³-hybridized carbons (Fsp3) is 0.500. The molecule has 1 atom stereocenters. The molecule has 1 amide bonds. The molecule has 8 heteroatoms. The first-order valence-corrected chi connectivity index (χ1v) is 10.1. The van der Waals surface area contributed by atoms with Crippen LogP contribution in [0.4, 0.5) is 5.82 Å². The molecule has 30 heavy (non-hydrogen) atoms. The van der Waals surface area contributed by atoms with Crippen LogP contribution in [0.3, 0.4) is 0 Å². The van der Waals surface area contributed by atoms with Crippen LogP contribution in [0.15, 0.2) is 36.7 Å². The van der Waals surface area contributed by atoms with Crippen molar-refractivity contribution >= 4 is 11.7 Å². The Morgan fingerprint density at radius 2 is 2.07 bits per heavy atom. The number of β-amino-alcohol motifs (C(OH)–C–C–N with tert-alkyl or cyclic N) is 1. The summed E-state index contributed by atoms with van der Waals surface area (Å²) in [5.41, 5.74) is 0.448. The highest BCUT2D eigenvalue weighted by Gasteiger charge is 2.38. The molecule has 8 nitrogen and oxygen atoms in total. The Bertz CT molecular complexity index is 875. The second-order valence-electron chi connectivity index (χ2n) is 8.25. The number of aryl methyl sites for hydroxylation is 1. The Hall–Kier alpha value is -2.71. The van der Waals surface area contributed by atoms with Crippen molar-refractivity contribution in [2.24, 2.45) is 0 Å². The van der Waals surface area contributed by atoms with E-state index in [1.807, 2.05) is 49.0 Å². The van der Waals surface area contributed by atoms with Crippen molar-refractivity contribution < 1.29 is 14.6 Å². The van der Waals surface area contributed by atoms with Gasteiger partial charge in [0, 0.05) is 44.0 Å². The average Bonchev–Trinajstić information content (AvgIpc) is 3.09. The number of aliphatic hydroxyl groups is 1. The van der Waals surface area contributed by atoms with Gasteiger partial charge in [0.1, 0.15) is 30.1 Å². The maximum absolute atomic E-state index is 12.9. The molecule has 1 saturated heterocycles. The highest BCUT2D eigenvalue weighted by Crippen LogP contribution is 2.27. The lowest BCUT2D eigenvalue weighted by molar-refractivity contribution is 0.0264. The van der Waals surface area contributed by atoms with Gasteiger partial charge in [-0.25, -0.2) is 9.97 Å². The van der Waals surface area contributed by atoms with Gasteiger partial charge in [0.2, 0.25) is 0 Å². The van der Waals surface area contributed by atoms with Gasteiger partial charge in [-0.15, -0.1) is 0 Å². The van der Waals surface area contributed by atoms with Crippen LogP contribution < -0.4 is 9.64 Å². The second-order valence-corrected chi connectivity index (χ2v) is 8.25. The van der Waals surface area contributed by atoms with Crippen molar-refractivity contribution in [2.45, 2.75) is 18.9 Å². The molecule has 1 aliphatic rings. The summed E-state index contributed by atoms with van der Waals surface area (Å²) in [6, 6.07) is 9.09. The van der Waals surface area contributed by atoms with Crippen LogP contribution in [0.2, 0.25) is 0 Å². The number of anilines is 1. The molecule has 3 rings (SSSR count). The van der Waals surface area contributed by atoms with Crippen molar-refractivity contribution in [3.63, 3.8) is 0 Å². The van der Waals surface area contributed by atoms with Crippen LogP contribution in [-0.4, -0.2) is 90.3 Å². The number of hydrogen-bond acceptors (Lipinski definition) is 7. The molecule has 162 valence electrons. The third-order valence-corrected chi connectivity index (χ3v) is 5.21. The van der Waals surface area contributed by atoms with Crippen LogP contribution >= 0.6 is 0 Å². The largest absolute Gasteiger partial charge is 0.492 e. The first-order chi connectivity index (χ1) is 14.3. The molecule has 0 aliphatic carbocycles. The van der Waals surface area contributed by atoms with Crippen LogP contribution in [0, 0.1) is 6.92 Å². The van der Waals surface area contributed by atoms with Crippen molar-refractivity contribution in [3.05, 3.63) is 47.9 Å². The van der Waals surface area contributed by atoms with Crippen molar-refractivity contribution in [3.8, 4) is 5.75 Å². The molecule has 0 spiro atoms. The number of carbonyl (C=O) groups is 1. The topological polar surface area (TPSA) is 82.0 Å². The van der Waals surface area contributed by atoms with Gasteiger partial charge in [0.15, 0.2) is 0 Å². The Labute approximate surface area is 178 Å². The third kappa shape index (κ3) is 5.67. The SMILES string of the molecule is Cc1cc(N2CCC(O)(CN(C)C(=O)c3cccc(OCCN(C)C)c3)C2)ncn1. The van der Waals surface area contributed by atoms with Gasteiger partial charge in [-0.2, -0.15) is 0 Å². The summed E-state index contributed by atoms with van der Waals surface area (Å²) in [7, 11) is 5.69. The van der Waals surface area contributed by atoms with E-state index in [0.717, 1.165) is 18.1 Å². The zero-order valence-corrected chi connectivity index (χ0v) is 18.2. The number of benzene rings is 1. The minimum atomic E-state index is -0.983. The van der Waals surface area contributed by atoms with Crippen LogP contribution in [0.25, 0.3) is 0 Å². The van der Waals surface area contributed by atoms with Crippen molar-refractivity contribution in [2.75, 3.05) is 58.8 Å². The molecule has 1 fully saturated rings. The van der Waals surface area contributed by atoms with E-state index in [1.54, 1.807) is 24.1 Å². The highest BCUT2D eigenvalue weighted by atomic mass is 16.5. The molecule has 1 unspecified atom stereocenters. The molecule has 0 saturated carbocycles. The fourth-order valence-corrected chi connectivity index (χ4v) is 3.59. The zero-order valence-electron chi connectivity index (χ0n) is 18.2. The number of amides is 1. The molecular formula is C22H31N5O3. The molecule has 2 heterocycles. The van der Waals surface area contributed by atoms with Gasteiger partial charge in [0.05, 0.1) is 6.54 Å². The molecule has 1 aromatic carbocycles. The number of ether oxygens (including phenoxy) is 1. The standard InChI is InChI=1S/C22H31N5O3/c1-17-12-20(24-16-23-17)27-9-8-22(29,15-27)14-26(4)21(28)18-6-5-7-19(13-18)30-11-10-25(2)3/h5-7,12-13,16,29H,8-11,14-15H2,1-4H3. The monoisotopic (exact) mass is 413 g/mol. The predicted molar refractivity (Wildman–Crippen MR) is 116 cm³/mol. The highest BCUT2D eigenvalue weighted by molar-refractivity contribution is 5.94. The van der Waals surface area contributed by atoms with E-state index in [0.29, 0.717) is 37.4 Å². The van der Waals surface area contributed by atoms with E-state index in [4.69, 9.17) is 4.74 Å². The minimum Gasteiger partial charge on any atom is -0.492 e.